The van der Waals surface area contributed by atoms with Gasteiger partial charge in [-0.3, -0.25) is 0 Å². The van der Waals surface area contributed by atoms with Gasteiger partial charge in [-0.05, 0) is 62.0 Å². The topological polar surface area (TPSA) is 29.3 Å². The molecule has 1 rings (SSSR count). The van der Waals surface area contributed by atoms with Crippen molar-refractivity contribution in [2.75, 3.05) is 30.5 Å². The third-order valence-corrected chi connectivity index (χ3v) is 4.02. The molecule has 0 heterocycles. The molecule has 0 bridgehead atoms. The molecule has 1 aromatic rings. The van der Waals surface area contributed by atoms with E-state index in [0.717, 1.165) is 6.54 Å². The molecule has 0 fully saturated rings. The number of nitrogens with two attached hydrogens (primary N) is 1. The minimum absolute atomic E-state index is 0.443. The quantitative estimate of drug-likeness (QED) is 0.768. The summed E-state index contributed by atoms with van der Waals surface area (Å²) in [4.78, 5) is 2.33. The molecule has 1 unspecified atom stereocenters. The molecule has 1 atom stereocenters. The Labute approximate surface area is 116 Å². The van der Waals surface area contributed by atoms with Gasteiger partial charge in [0.1, 0.15) is 0 Å². The first kappa shape index (κ1) is 15.4. The predicted molar refractivity (Wildman–Crippen MR) is 84.8 cm³/mol. The fourth-order valence-electron chi connectivity index (χ4n) is 2.30. The molecular weight excluding hydrogens is 240 g/mol. The van der Waals surface area contributed by atoms with Crippen LogP contribution in [0.4, 0.5) is 5.69 Å². The third-order valence-electron chi connectivity index (χ3n) is 3.32. The second kappa shape index (κ2) is 7.70. The van der Waals surface area contributed by atoms with Crippen LogP contribution in [-0.2, 0) is 0 Å². The minimum Gasteiger partial charge on any atom is -0.370 e. The zero-order valence-corrected chi connectivity index (χ0v) is 12.9. The summed E-state index contributed by atoms with van der Waals surface area (Å²) in [7, 11) is 2.16. The van der Waals surface area contributed by atoms with E-state index in [2.05, 4.69) is 50.2 Å². The number of nitrogens with zero attached hydrogens (tertiary/aromatic N) is 1. The second-order valence-electron chi connectivity index (χ2n) is 4.98. The van der Waals surface area contributed by atoms with Gasteiger partial charge in [0.2, 0.25) is 0 Å². The molecule has 0 aliphatic rings. The average molecular weight is 266 g/mol. The van der Waals surface area contributed by atoms with Crippen LogP contribution in [0.25, 0.3) is 0 Å². The van der Waals surface area contributed by atoms with Crippen molar-refractivity contribution >= 4 is 17.4 Å². The number of benzene rings is 1. The summed E-state index contributed by atoms with van der Waals surface area (Å²) in [6.45, 7) is 5.02. The van der Waals surface area contributed by atoms with Crippen molar-refractivity contribution in [2.24, 2.45) is 5.73 Å². The summed E-state index contributed by atoms with van der Waals surface area (Å²) in [6, 6.07) is 7.13. The van der Waals surface area contributed by atoms with Gasteiger partial charge in [0.25, 0.3) is 0 Å². The van der Waals surface area contributed by atoms with Crippen LogP contribution in [0.15, 0.2) is 18.2 Å². The van der Waals surface area contributed by atoms with Gasteiger partial charge >= 0.3 is 0 Å². The third kappa shape index (κ3) is 4.54. The van der Waals surface area contributed by atoms with Crippen molar-refractivity contribution in [1.29, 1.82) is 0 Å². The fourth-order valence-corrected chi connectivity index (χ4v) is 2.75. The van der Waals surface area contributed by atoms with Crippen LogP contribution in [0.3, 0.4) is 0 Å². The summed E-state index contributed by atoms with van der Waals surface area (Å²) in [5.41, 5.74) is 9.84. The van der Waals surface area contributed by atoms with E-state index < -0.39 is 0 Å². The number of rotatable bonds is 7. The maximum atomic E-state index is 5.92. The van der Waals surface area contributed by atoms with Crippen LogP contribution in [-0.4, -0.2) is 31.6 Å². The van der Waals surface area contributed by atoms with E-state index in [9.17, 15) is 0 Å². The smallest absolute Gasteiger partial charge is 0.0409 e. The fraction of sp³-hybridized carbons (Fsp3) is 0.600. The van der Waals surface area contributed by atoms with Gasteiger partial charge in [0.15, 0.2) is 0 Å². The van der Waals surface area contributed by atoms with E-state index in [1.165, 1.54) is 35.4 Å². The van der Waals surface area contributed by atoms with Crippen molar-refractivity contribution in [3.05, 3.63) is 29.3 Å². The second-order valence-corrected chi connectivity index (χ2v) is 5.97. The minimum atomic E-state index is 0.443. The van der Waals surface area contributed by atoms with E-state index in [1.807, 2.05) is 11.8 Å². The Kier molecular flexibility index (Phi) is 6.58. The molecular formula is C15H26N2S. The highest BCUT2D eigenvalue weighted by Crippen LogP contribution is 2.21. The van der Waals surface area contributed by atoms with Crippen molar-refractivity contribution in [1.82, 2.24) is 0 Å². The van der Waals surface area contributed by atoms with E-state index in [0.29, 0.717) is 6.04 Å². The van der Waals surface area contributed by atoms with Crippen LogP contribution >= 0.6 is 11.8 Å². The summed E-state index contributed by atoms with van der Waals surface area (Å²) in [5, 5.41) is 0. The van der Waals surface area contributed by atoms with Crippen LogP contribution < -0.4 is 10.6 Å². The van der Waals surface area contributed by atoms with Gasteiger partial charge in [-0.25, -0.2) is 0 Å². The highest BCUT2D eigenvalue weighted by Gasteiger charge is 2.13. The lowest BCUT2D eigenvalue weighted by Gasteiger charge is -2.29. The average Bonchev–Trinajstić information content (AvgIpc) is 2.33. The van der Waals surface area contributed by atoms with Gasteiger partial charge in [0.05, 0.1) is 0 Å². The Balaban J connectivity index is 2.72. The Bertz CT molecular complexity index is 345. The van der Waals surface area contributed by atoms with Gasteiger partial charge in [-0.1, -0.05) is 6.07 Å². The molecule has 2 nitrogen and oxygen atoms in total. The molecule has 1 aromatic carbocycles. The zero-order valence-electron chi connectivity index (χ0n) is 12.1. The zero-order chi connectivity index (χ0) is 13.5. The molecule has 18 heavy (non-hydrogen) atoms. The standard InChI is InChI=1S/C15H26N2S/c1-12-8-13(2)10-15(9-12)17(3)14(11-16)6-5-7-18-4/h8-10,14H,5-7,11,16H2,1-4H3. The Morgan fingerprint density at radius 3 is 2.33 bits per heavy atom. The molecule has 0 spiro atoms. The lowest BCUT2D eigenvalue weighted by molar-refractivity contribution is 0.582. The Morgan fingerprint density at radius 1 is 1.22 bits per heavy atom. The van der Waals surface area contributed by atoms with Crippen molar-refractivity contribution < 1.29 is 0 Å². The highest BCUT2D eigenvalue weighted by molar-refractivity contribution is 7.98. The molecule has 0 aromatic heterocycles. The largest absolute Gasteiger partial charge is 0.370 e. The number of thioether (sulfide) groups is 1. The molecule has 0 aliphatic carbocycles. The Hall–Kier alpha value is -0.670. The first-order chi connectivity index (χ1) is 8.58. The molecule has 2 N–H and O–H groups in total. The summed E-state index contributed by atoms with van der Waals surface area (Å²) >= 11 is 1.91. The lowest BCUT2D eigenvalue weighted by Crippen LogP contribution is -2.38. The molecule has 0 aliphatic heterocycles. The number of likely N-dealkylation sites (N-methyl/N-ethyl adjacent to an activating group) is 1. The maximum absolute atomic E-state index is 5.92. The number of hydrogen-bond acceptors (Lipinski definition) is 3. The summed E-state index contributed by atoms with van der Waals surface area (Å²) in [6.07, 6.45) is 4.56. The number of hydrogen-bond donors (Lipinski definition) is 1. The molecule has 0 amide bonds. The van der Waals surface area contributed by atoms with E-state index in [-0.39, 0.29) is 0 Å². The normalized spacial score (nSPS) is 12.5. The van der Waals surface area contributed by atoms with Crippen LogP contribution in [0.2, 0.25) is 0 Å². The van der Waals surface area contributed by atoms with Gasteiger partial charge in [-0.2, -0.15) is 11.8 Å². The molecule has 0 saturated carbocycles. The van der Waals surface area contributed by atoms with Gasteiger partial charge in [-0.15, -0.1) is 0 Å². The van der Waals surface area contributed by atoms with E-state index in [1.54, 1.807) is 0 Å². The van der Waals surface area contributed by atoms with E-state index >= 15 is 0 Å². The van der Waals surface area contributed by atoms with Crippen molar-refractivity contribution in [3.8, 4) is 0 Å². The highest BCUT2D eigenvalue weighted by atomic mass is 32.2. The summed E-state index contributed by atoms with van der Waals surface area (Å²) in [5.74, 6) is 1.22. The van der Waals surface area contributed by atoms with Crippen LogP contribution in [0.1, 0.15) is 24.0 Å². The number of aryl methyl sites for hydroxylation is 2. The van der Waals surface area contributed by atoms with Crippen molar-refractivity contribution in [2.45, 2.75) is 32.7 Å². The van der Waals surface area contributed by atoms with E-state index in [4.69, 9.17) is 5.73 Å². The molecule has 3 heteroatoms. The van der Waals surface area contributed by atoms with Crippen LogP contribution in [0, 0.1) is 13.8 Å². The maximum Gasteiger partial charge on any atom is 0.0409 e. The van der Waals surface area contributed by atoms with Gasteiger partial charge in [0, 0.05) is 25.3 Å². The first-order valence-corrected chi connectivity index (χ1v) is 7.98. The Morgan fingerprint density at radius 2 is 1.83 bits per heavy atom. The molecule has 102 valence electrons. The molecule has 0 radical (unpaired) electrons. The first-order valence-electron chi connectivity index (χ1n) is 6.58. The van der Waals surface area contributed by atoms with Gasteiger partial charge < -0.3 is 10.6 Å². The predicted octanol–water partition coefficient (Wildman–Crippen LogP) is 3.21. The van der Waals surface area contributed by atoms with Crippen molar-refractivity contribution in [3.63, 3.8) is 0 Å². The summed E-state index contributed by atoms with van der Waals surface area (Å²) < 4.78 is 0. The van der Waals surface area contributed by atoms with Crippen LogP contribution in [0.5, 0.6) is 0 Å². The monoisotopic (exact) mass is 266 g/mol. The molecule has 0 saturated heterocycles. The lowest BCUT2D eigenvalue weighted by atomic mass is 10.1. The number of anilines is 1. The SMILES string of the molecule is CSCCCC(CN)N(C)c1cc(C)cc(C)c1.